The molecule has 2 aromatic heterocycles. The van der Waals surface area contributed by atoms with Crippen LogP contribution in [0.15, 0.2) is 24.7 Å². The summed E-state index contributed by atoms with van der Waals surface area (Å²) in [6, 6.07) is 1.49. The minimum Gasteiger partial charge on any atom is -0.397 e. The van der Waals surface area contributed by atoms with Crippen LogP contribution < -0.4 is 11.5 Å². The fraction of sp³-hybridized carbons (Fsp3) is 0. The molecule has 0 spiro atoms. The molecule has 0 unspecified atom stereocenters. The Balaban J connectivity index is 2.60. The number of amides is 1. The minimum atomic E-state index is -0.583. The molecule has 16 heavy (non-hydrogen) atoms. The Hall–Kier alpha value is -1.64. The van der Waals surface area contributed by atoms with E-state index < -0.39 is 5.91 Å². The zero-order chi connectivity index (χ0) is 11.7. The fourth-order valence-corrected chi connectivity index (χ4v) is 1.64. The summed E-state index contributed by atoms with van der Waals surface area (Å²) in [5.74, 6) is -0.204. The second kappa shape index (κ2) is 4.08. The molecule has 0 saturated carbocycles. The number of hydrogen-bond acceptors (Lipinski definition) is 4. The second-order valence-corrected chi connectivity index (χ2v) is 4.35. The van der Waals surface area contributed by atoms with Gasteiger partial charge in [-0.25, -0.2) is 9.67 Å². The van der Waals surface area contributed by atoms with Crippen LogP contribution in [-0.2, 0) is 0 Å². The summed E-state index contributed by atoms with van der Waals surface area (Å²) in [5.41, 5.74) is 11.4. The molecule has 7 heteroatoms. The maximum atomic E-state index is 11.2. The van der Waals surface area contributed by atoms with Gasteiger partial charge in [-0.1, -0.05) is 0 Å². The van der Waals surface area contributed by atoms with Gasteiger partial charge in [0.05, 0.1) is 27.2 Å². The topological polar surface area (TPSA) is 99.8 Å². The monoisotopic (exact) mass is 329 g/mol. The SMILES string of the molecule is NC(=O)c1cc(N)cnc1-n1cc(I)cn1. The maximum absolute atomic E-state index is 11.2. The number of rotatable bonds is 2. The quantitative estimate of drug-likeness (QED) is 0.786. The molecule has 0 saturated heterocycles. The number of pyridine rings is 1. The first-order valence-electron chi connectivity index (χ1n) is 4.34. The van der Waals surface area contributed by atoms with E-state index in [-0.39, 0.29) is 5.56 Å². The Morgan fingerprint density at radius 1 is 1.44 bits per heavy atom. The first kappa shape index (κ1) is 10.9. The van der Waals surface area contributed by atoms with E-state index >= 15 is 0 Å². The molecule has 0 aliphatic rings. The number of primary amides is 1. The largest absolute Gasteiger partial charge is 0.397 e. The number of carbonyl (C=O) groups excluding carboxylic acids is 1. The Morgan fingerprint density at radius 2 is 2.19 bits per heavy atom. The van der Waals surface area contributed by atoms with Crippen molar-refractivity contribution >= 4 is 34.2 Å². The van der Waals surface area contributed by atoms with Gasteiger partial charge in [-0.2, -0.15) is 5.10 Å². The highest BCUT2D eigenvalue weighted by Crippen LogP contribution is 2.15. The van der Waals surface area contributed by atoms with Crippen LogP contribution in [0.25, 0.3) is 5.82 Å². The van der Waals surface area contributed by atoms with Gasteiger partial charge in [0.15, 0.2) is 5.82 Å². The third kappa shape index (κ3) is 1.98. The molecule has 0 radical (unpaired) electrons. The molecule has 6 nitrogen and oxygen atoms in total. The molecule has 4 N–H and O–H groups in total. The van der Waals surface area contributed by atoms with Gasteiger partial charge >= 0.3 is 0 Å². The van der Waals surface area contributed by atoms with Crippen molar-refractivity contribution in [3.63, 3.8) is 0 Å². The van der Waals surface area contributed by atoms with Gasteiger partial charge in [0, 0.05) is 6.20 Å². The third-order valence-corrected chi connectivity index (χ3v) is 2.48. The van der Waals surface area contributed by atoms with E-state index in [2.05, 4.69) is 32.7 Å². The number of halogens is 1. The van der Waals surface area contributed by atoms with Crippen molar-refractivity contribution in [2.24, 2.45) is 5.73 Å². The van der Waals surface area contributed by atoms with E-state index in [0.717, 1.165) is 3.57 Å². The molecule has 2 aromatic rings. The summed E-state index contributed by atoms with van der Waals surface area (Å²) in [6.07, 6.45) is 4.85. The number of hydrogen-bond donors (Lipinski definition) is 2. The lowest BCUT2D eigenvalue weighted by atomic mass is 10.2. The van der Waals surface area contributed by atoms with Gasteiger partial charge in [0.2, 0.25) is 0 Å². The molecule has 2 heterocycles. The number of carbonyl (C=O) groups is 1. The van der Waals surface area contributed by atoms with Crippen LogP contribution in [0.1, 0.15) is 10.4 Å². The standard InChI is InChI=1S/C9H8IN5O/c10-5-2-14-15(4-5)9-7(8(12)16)1-6(11)3-13-9/h1-4H,11H2,(H2,12,16). The van der Waals surface area contributed by atoms with E-state index in [1.165, 1.54) is 16.9 Å². The summed E-state index contributed by atoms with van der Waals surface area (Å²) < 4.78 is 2.42. The van der Waals surface area contributed by atoms with Crippen molar-refractivity contribution in [1.29, 1.82) is 0 Å². The predicted molar refractivity (Wildman–Crippen MR) is 67.0 cm³/mol. The zero-order valence-electron chi connectivity index (χ0n) is 8.09. The van der Waals surface area contributed by atoms with Gasteiger partial charge in [-0.15, -0.1) is 0 Å². The predicted octanol–water partition coefficient (Wildman–Crippen LogP) is 0.553. The van der Waals surface area contributed by atoms with Crippen LogP contribution in [-0.4, -0.2) is 20.7 Å². The summed E-state index contributed by atoms with van der Waals surface area (Å²) >= 11 is 2.11. The molecule has 0 aliphatic carbocycles. The van der Waals surface area contributed by atoms with Crippen LogP contribution >= 0.6 is 22.6 Å². The molecule has 0 atom stereocenters. The lowest BCUT2D eigenvalue weighted by molar-refractivity contribution is 0.1000. The highest BCUT2D eigenvalue weighted by atomic mass is 127. The first-order valence-corrected chi connectivity index (χ1v) is 5.41. The van der Waals surface area contributed by atoms with Gasteiger partial charge < -0.3 is 11.5 Å². The van der Waals surface area contributed by atoms with E-state index in [9.17, 15) is 4.79 Å². The third-order valence-electron chi connectivity index (χ3n) is 1.92. The summed E-state index contributed by atoms with van der Waals surface area (Å²) in [7, 11) is 0. The molecule has 1 amide bonds. The molecule has 0 aliphatic heterocycles. The number of aromatic nitrogens is 3. The second-order valence-electron chi connectivity index (χ2n) is 3.11. The van der Waals surface area contributed by atoms with E-state index in [1.807, 2.05) is 0 Å². The summed E-state index contributed by atoms with van der Waals surface area (Å²) in [4.78, 5) is 15.3. The van der Waals surface area contributed by atoms with Crippen molar-refractivity contribution in [2.45, 2.75) is 0 Å². The van der Waals surface area contributed by atoms with Crippen LogP contribution in [0.4, 0.5) is 5.69 Å². The number of anilines is 1. The van der Waals surface area contributed by atoms with Gasteiger partial charge in [0.25, 0.3) is 5.91 Å². The molecular formula is C9H8IN5O. The van der Waals surface area contributed by atoms with E-state index in [0.29, 0.717) is 11.5 Å². The molecule has 82 valence electrons. The lowest BCUT2D eigenvalue weighted by Gasteiger charge is -2.05. The Morgan fingerprint density at radius 3 is 2.75 bits per heavy atom. The van der Waals surface area contributed by atoms with Crippen molar-refractivity contribution < 1.29 is 4.79 Å². The molecule has 0 fully saturated rings. The average molecular weight is 329 g/mol. The highest BCUT2D eigenvalue weighted by Gasteiger charge is 2.12. The Kier molecular flexibility index (Phi) is 2.77. The highest BCUT2D eigenvalue weighted by molar-refractivity contribution is 14.1. The normalized spacial score (nSPS) is 10.3. The number of nitrogens with zero attached hydrogens (tertiary/aromatic N) is 3. The molecule has 0 aromatic carbocycles. The fourth-order valence-electron chi connectivity index (χ4n) is 1.25. The van der Waals surface area contributed by atoms with Crippen LogP contribution in [0.2, 0.25) is 0 Å². The van der Waals surface area contributed by atoms with Crippen LogP contribution in [0.5, 0.6) is 0 Å². The lowest BCUT2D eigenvalue weighted by Crippen LogP contribution is -2.16. The van der Waals surface area contributed by atoms with Gasteiger partial charge in [0.1, 0.15) is 0 Å². The zero-order valence-corrected chi connectivity index (χ0v) is 10.2. The van der Waals surface area contributed by atoms with E-state index in [1.54, 1.807) is 12.4 Å². The van der Waals surface area contributed by atoms with Crippen molar-refractivity contribution in [3.05, 3.63) is 33.8 Å². The van der Waals surface area contributed by atoms with Crippen molar-refractivity contribution in [3.8, 4) is 5.82 Å². The average Bonchev–Trinajstić information content (AvgIpc) is 2.64. The Labute approximate surface area is 105 Å². The number of nitrogen functional groups attached to an aromatic ring is 1. The van der Waals surface area contributed by atoms with Crippen LogP contribution in [0.3, 0.4) is 0 Å². The maximum Gasteiger partial charge on any atom is 0.252 e. The van der Waals surface area contributed by atoms with Crippen molar-refractivity contribution in [1.82, 2.24) is 14.8 Å². The minimum absolute atomic E-state index is 0.250. The summed E-state index contributed by atoms with van der Waals surface area (Å²) in [5, 5.41) is 4.06. The Bertz CT molecular complexity index is 551. The van der Waals surface area contributed by atoms with Gasteiger partial charge in [-0.05, 0) is 28.7 Å². The molecule has 2 rings (SSSR count). The summed E-state index contributed by atoms with van der Waals surface area (Å²) in [6.45, 7) is 0. The molecular weight excluding hydrogens is 321 g/mol. The molecule has 0 bridgehead atoms. The smallest absolute Gasteiger partial charge is 0.252 e. The van der Waals surface area contributed by atoms with E-state index in [4.69, 9.17) is 11.5 Å². The number of nitrogens with two attached hydrogens (primary N) is 2. The van der Waals surface area contributed by atoms with Gasteiger partial charge in [-0.3, -0.25) is 4.79 Å². The first-order chi connectivity index (χ1) is 7.58. The van der Waals surface area contributed by atoms with Crippen LogP contribution in [0, 0.1) is 3.57 Å². The van der Waals surface area contributed by atoms with Crippen molar-refractivity contribution in [2.75, 3.05) is 5.73 Å².